The van der Waals surface area contributed by atoms with E-state index in [0.717, 1.165) is 11.3 Å². The number of aromatic nitrogens is 4. The largest absolute Gasteiger partial charge is 0.336 e. The summed E-state index contributed by atoms with van der Waals surface area (Å²) in [5.41, 5.74) is 1.61. The van der Waals surface area contributed by atoms with Crippen LogP contribution in [0.1, 0.15) is 39.5 Å². The van der Waals surface area contributed by atoms with Crippen molar-refractivity contribution in [3.63, 3.8) is 0 Å². The number of hydrogen-bond acceptors (Lipinski definition) is 5. The highest BCUT2D eigenvalue weighted by Crippen LogP contribution is 2.22. The van der Waals surface area contributed by atoms with Crippen LogP contribution in [0.5, 0.6) is 0 Å². The lowest BCUT2D eigenvalue weighted by molar-refractivity contribution is 0.0640. The first-order valence-electron chi connectivity index (χ1n) is 8.70. The van der Waals surface area contributed by atoms with E-state index >= 15 is 0 Å². The highest BCUT2D eigenvalue weighted by atomic mass is 16.2. The molecule has 26 heavy (non-hydrogen) atoms. The molecule has 132 valence electrons. The zero-order chi connectivity index (χ0) is 18.1. The van der Waals surface area contributed by atoms with Crippen LogP contribution in [0, 0.1) is 12.8 Å². The summed E-state index contributed by atoms with van der Waals surface area (Å²) in [4.78, 5) is 35.4. The van der Waals surface area contributed by atoms with Crippen LogP contribution in [0.15, 0.2) is 42.6 Å². The second-order valence-corrected chi connectivity index (χ2v) is 6.53. The van der Waals surface area contributed by atoms with Crippen molar-refractivity contribution in [3.8, 4) is 0 Å². The molecule has 7 heteroatoms. The van der Waals surface area contributed by atoms with Gasteiger partial charge in [-0.15, -0.1) is 5.10 Å². The number of rotatable bonds is 3. The molecule has 0 N–H and O–H groups in total. The zero-order valence-corrected chi connectivity index (χ0v) is 14.5. The van der Waals surface area contributed by atoms with E-state index in [1.807, 2.05) is 43.3 Å². The second-order valence-electron chi connectivity index (χ2n) is 6.53. The molecule has 0 spiro atoms. The molecule has 0 saturated carbocycles. The Morgan fingerprint density at radius 2 is 1.81 bits per heavy atom. The minimum Gasteiger partial charge on any atom is -0.336 e. The second kappa shape index (κ2) is 6.67. The predicted molar refractivity (Wildman–Crippen MR) is 94.9 cm³/mol. The lowest BCUT2D eigenvalue weighted by Gasteiger charge is -2.30. The summed E-state index contributed by atoms with van der Waals surface area (Å²) in [6.45, 7) is 2.95. The fourth-order valence-corrected chi connectivity index (χ4v) is 3.32. The van der Waals surface area contributed by atoms with Crippen molar-refractivity contribution in [1.82, 2.24) is 24.5 Å². The zero-order valence-electron chi connectivity index (χ0n) is 14.5. The molecule has 3 aromatic rings. The first kappa shape index (κ1) is 16.4. The number of ketones is 1. The number of carbonyl (C=O) groups excluding carboxylic acids is 2. The number of benzene rings is 1. The third-order valence-corrected chi connectivity index (χ3v) is 4.83. The molecule has 0 unspecified atom stereocenters. The number of Topliss-reactive ketones (excluding diaryl/α,β-unsaturated/α-hetero) is 1. The Morgan fingerprint density at radius 1 is 1.08 bits per heavy atom. The Morgan fingerprint density at radius 3 is 2.50 bits per heavy atom. The molecule has 3 heterocycles. The number of nitrogens with zero attached hydrogens (tertiary/aromatic N) is 5. The highest BCUT2D eigenvalue weighted by molar-refractivity contribution is 5.98. The van der Waals surface area contributed by atoms with Gasteiger partial charge in [0.15, 0.2) is 5.78 Å². The van der Waals surface area contributed by atoms with E-state index in [0.29, 0.717) is 31.7 Å². The molecular weight excluding hydrogens is 330 g/mol. The molecule has 1 fully saturated rings. The van der Waals surface area contributed by atoms with Gasteiger partial charge >= 0.3 is 0 Å². The minimum atomic E-state index is -0.208. The van der Waals surface area contributed by atoms with E-state index in [9.17, 15) is 9.59 Å². The Labute approximate surface area is 150 Å². The lowest BCUT2D eigenvalue weighted by Crippen LogP contribution is -2.40. The maximum atomic E-state index is 12.7. The summed E-state index contributed by atoms with van der Waals surface area (Å²) in [7, 11) is 0. The van der Waals surface area contributed by atoms with Gasteiger partial charge in [0.2, 0.25) is 5.82 Å². The van der Waals surface area contributed by atoms with Crippen molar-refractivity contribution in [2.24, 2.45) is 5.92 Å². The van der Waals surface area contributed by atoms with Crippen molar-refractivity contribution in [3.05, 3.63) is 59.7 Å². The van der Waals surface area contributed by atoms with Gasteiger partial charge in [0.25, 0.3) is 11.7 Å². The fourth-order valence-electron chi connectivity index (χ4n) is 3.32. The number of aryl methyl sites for hydroxylation is 1. The normalized spacial score (nSPS) is 15.3. The van der Waals surface area contributed by atoms with Crippen LogP contribution >= 0.6 is 0 Å². The molecule has 4 rings (SSSR count). The fraction of sp³-hybridized carbons (Fsp3) is 0.316. The topological polar surface area (TPSA) is 80.5 Å². The van der Waals surface area contributed by atoms with Gasteiger partial charge in [-0.3, -0.25) is 9.59 Å². The predicted octanol–water partition coefficient (Wildman–Crippen LogP) is 2.17. The molecule has 2 aromatic heterocycles. The molecule has 1 amide bonds. The van der Waals surface area contributed by atoms with E-state index in [-0.39, 0.29) is 23.4 Å². The average molecular weight is 349 g/mol. The number of carbonyl (C=O) groups is 2. The maximum absolute atomic E-state index is 12.7. The number of fused-ring (bicyclic) bond motifs is 1. The van der Waals surface area contributed by atoms with E-state index in [1.54, 1.807) is 15.6 Å². The third kappa shape index (κ3) is 2.96. The average Bonchev–Trinajstić information content (AvgIpc) is 3.13. The molecule has 0 radical (unpaired) electrons. The molecule has 1 saturated heterocycles. The van der Waals surface area contributed by atoms with Gasteiger partial charge in [-0.25, -0.2) is 9.50 Å². The summed E-state index contributed by atoms with van der Waals surface area (Å²) >= 11 is 0. The van der Waals surface area contributed by atoms with Gasteiger partial charge < -0.3 is 4.90 Å². The van der Waals surface area contributed by atoms with Gasteiger partial charge in [0.05, 0.1) is 0 Å². The summed E-state index contributed by atoms with van der Waals surface area (Å²) in [5, 5.41) is 4.27. The molecule has 1 aliphatic heterocycles. The van der Waals surface area contributed by atoms with Crippen LogP contribution in [-0.2, 0) is 0 Å². The van der Waals surface area contributed by atoms with Crippen LogP contribution in [0.25, 0.3) is 5.78 Å². The van der Waals surface area contributed by atoms with Crippen molar-refractivity contribution >= 4 is 17.5 Å². The first-order valence-corrected chi connectivity index (χ1v) is 8.70. The molecule has 7 nitrogen and oxygen atoms in total. The first-order chi connectivity index (χ1) is 12.6. The summed E-state index contributed by atoms with van der Waals surface area (Å²) in [6, 6.07) is 11.1. The highest BCUT2D eigenvalue weighted by Gasteiger charge is 2.30. The number of likely N-dealkylation sites (tertiary alicyclic amines) is 1. The van der Waals surface area contributed by atoms with Gasteiger partial charge in [-0.05, 0) is 25.8 Å². The van der Waals surface area contributed by atoms with Crippen LogP contribution in [0.3, 0.4) is 0 Å². The Kier molecular flexibility index (Phi) is 4.20. The Hall–Kier alpha value is -3.09. The minimum absolute atomic E-state index is 0.0422. The third-order valence-electron chi connectivity index (χ3n) is 4.83. The monoisotopic (exact) mass is 349 g/mol. The molecular formula is C19H19N5O2. The summed E-state index contributed by atoms with van der Waals surface area (Å²) in [5.74, 6) is 0.477. The van der Waals surface area contributed by atoms with E-state index in [1.165, 1.54) is 0 Å². The SMILES string of the molecule is Cc1ccnc2nc(C(=O)N3CCC(C(=O)c4ccccc4)CC3)nn12. The van der Waals surface area contributed by atoms with Crippen molar-refractivity contribution in [2.45, 2.75) is 19.8 Å². The van der Waals surface area contributed by atoms with Crippen LogP contribution < -0.4 is 0 Å². The maximum Gasteiger partial charge on any atom is 0.293 e. The van der Waals surface area contributed by atoms with Crippen LogP contribution in [-0.4, -0.2) is 49.3 Å². The summed E-state index contributed by atoms with van der Waals surface area (Å²) < 4.78 is 1.57. The standard InChI is InChI=1S/C19H19N5O2/c1-13-7-10-20-19-21-17(22-24(13)19)18(26)23-11-8-15(9-12-23)16(25)14-5-3-2-4-6-14/h2-7,10,15H,8-9,11-12H2,1H3. The van der Waals surface area contributed by atoms with Crippen molar-refractivity contribution < 1.29 is 9.59 Å². The lowest BCUT2D eigenvalue weighted by atomic mass is 9.89. The number of piperidine rings is 1. The van der Waals surface area contributed by atoms with E-state index < -0.39 is 0 Å². The molecule has 0 aliphatic carbocycles. The van der Waals surface area contributed by atoms with Gasteiger partial charge in [0, 0.05) is 36.5 Å². The van der Waals surface area contributed by atoms with Crippen molar-refractivity contribution in [1.29, 1.82) is 0 Å². The number of hydrogen-bond donors (Lipinski definition) is 0. The molecule has 1 aromatic carbocycles. The smallest absolute Gasteiger partial charge is 0.293 e. The van der Waals surface area contributed by atoms with Gasteiger partial charge in [-0.2, -0.15) is 4.98 Å². The van der Waals surface area contributed by atoms with E-state index in [4.69, 9.17) is 0 Å². The van der Waals surface area contributed by atoms with Gasteiger partial charge in [-0.1, -0.05) is 30.3 Å². The van der Waals surface area contributed by atoms with Crippen molar-refractivity contribution in [2.75, 3.05) is 13.1 Å². The molecule has 1 aliphatic rings. The number of amides is 1. The molecule has 0 bridgehead atoms. The van der Waals surface area contributed by atoms with Crippen LogP contribution in [0.4, 0.5) is 0 Å². The molecule has 0 atom stereocenters. The van der Waals surface area contributed by atoms with E-state index in [2.05, 4.69) is 15.1 Å². The van der Waals surface area contributed by atoms with Crippen LogP contribution in [0.2, 0.25) is 0 Å². The Bertz CT molecular complexity index is 958. The Balaban J connectivity index is 1.44. The quantitative estimate of drug-likeness (QED) is 0.677. The van der Waals surface area contributed by atoms with Gasteiger partial charge in [0.1, 0.15) is 0 Å². The summed E-state index contributed by atoms with van der Waals surface area (Å²) in [6.07, 6.45) is 2.96.